The lowest BCUT2D eigenvalue weighted by atomic mass is 9.83. The molecule has 0 aromatic heterocycles. The SMILES string of the molecule is Cc1ccc(CC(=O)N2CCO[C@@]3(C2)C(=O)N(CCN(C)C)C[C@@H]3c2ccccc2)cc1. The van der Waals surface area contributed by atoms with Gasteiger partial charge in [0.1, 0.15) is 0 Å². The molecule has 2 aliphatic rings. The maximum atomic E-state index is 13.7. The normalized spacial score (nSPS) is 23.4. The van der Waals surface area contributed by atoms with Gasteiger partial charge in [-0.3, -0.25) is 9.59 Å². The Hall–Kier alpha value is -2.70. The van der Waals surface area contributed by atoms with E-state index < -0.39 is 5.60 Å². The van der Waals surface area contributed by atoms with Gasteiger partial charge in [-0.05, 0) is 32.1 Å². The summed E-state index contributed by atoms with van der Waals surface area (Å²) in [7, 11) is 4.02. The van der Waals surface area contributed by atoms with Crippen LogP contribution in [0.3, 0.4) is 0 Å². The zero-order chi connectivity index (χ0) is 22.7. The molecule has 6 nitrogen and oxygen atoms in total. The summed E-state index contributed by atoms with van der Waals surface area (Å²) in [5.41, 5.74) is 2.23. The fraction of sp³-hybridized carbons (Fsp3) is 0.462. The van der Waals surface area contributed by atoms with Crippen LogP contribution in [0, 0.1) is 6.92 Å². The molecule has 0 radical (unpaired) electrons. The Morgan fingerprint density at radius 1 is 1.12 bits per heavy atom. The molecule has 6 heteroatoms. The summed E-state index contributed by atoms with van der Waals surface area (Å²) in [6, 6.07) is 18.2. The Morgan fingerprint density at radius 2 is 1.84 bits per heavy atom. The van der Waals surface area contributed by atoms with Gasteiger partial charge >= 0.3 is 0 Å². The summed E-state index contributed by atoms with van der Waals surface area (Å²) in [5.74, 6) is -0.0581. The van der Waals surface area contributed by atoms with Gasteiger partial charge < -0.3 is 19.4 Å². The van der Waals surface area contributed by atoms with Crippen LogP contribution in [-0.4, -0.2) is 85.5 Å². The molecule has 170 valence electrons. The quantitative estimate of drug-likeness (QED) is 0.699. The second-order valence-corrected chi connectivity index (χ2v) is 9.23. The maximum Gasteiger partial charge on any atom is 0.257 e. The van der Waals surface area contributed by atoms with Gasteiger partial charge in [0.25, 0.3) is 5.91 Å². The molecule has 2 amide bonds. The van der Waals surface area contributed by atoms with Crippen molar-refractivity contribution in [3.63, 3.8) is 0 Å². The van der Waals surface area contributed by atoms with Gasteiger partial charge in [0.2, 0.25) is 5.91 Å². The number of carbonyl (C=O) groups excluding carboxylic acids is 2. The second kappa shape index (κ2) is 9.43. The molecule has 4 rings (SSSR count). The van der Waals surface area contributed by atoms with Gasteiger partial charge in [-0.15, -0.1) is 0 Å². The fourth-order valence-electron chi connectivity index (χ4n) is 4.73. The number of hydrogen-bond donors (Lipinski definition) is 0. The van der Waals surface area contributed by atoms with Crippen molar-refractivity contribution in [2.24, 2.45) is 0 Å². The van der Waals surface area contributed by atoms with E-state index in [1.807, 2.05) is 73.3 Å². The first kappa shape index (κ1) is 22.5. The van der Waals surface area contributed by atoms with Crippen molar-refractivity contribution < 1.29 is 14.3 Å². The molecule has 0 bridgehead atoms. The van der Waals surface area contributed by atoms with Gasteiger partial charge in [-0.25, -0.2) is 0 Å². The molecule has 0 N–H and O–H groups in total. The molecule has 0 aliphatic carbocycles. The Morgan fingerprint density at radius 3 is 2.53 bits per heavy atom. The molecule has 2 heterocycles. The minimum Gasteiger partial charge on any atom is -0.361 e. The number of benzene rings is 2. The van der Waals surface area contributed by atoms with E-state index >= 15 is 0 Å². The van der Waals surface area contributed by atoms with Crippen molar-refractivity contribution in [3.05, 3.63) is 71.3 Å². The second-order valence-electron chi connectivity index (χ2n) is 9.23. The standard InChI is InChI=1S/C26H33N3O3/c1-20-9-11-21(12-10-20)17-24(30)29-15-16-32-26(19-29)23(22-7-5-4-6-8-22)18-28(25(26)31)14-13-27(2)3/h4-12,23H,13-19H2,1-3H3/t23-,26-/m1/s1. The first-order chi connectivity index (χ1) is 15.4. The highest BCUT2D eigenvalue weighted by atomic mass is 16.5. The molecular formula is C26H33N3O3. The number of likely N-dealkylation sites (N-methyl/N-ethyl adjacent to an activating group) is 1. The van der Waals surface area contributed by atoms with Crippen molar-refractivity contribution in [2.75, 3.05) is 53.4 Å². The van der Waals surface area contributed by atoms with Crippen LogP contribution in [0.1, 0.15) is 22.6 Å². The van der Waals surface area contributed by atoms with E-state index in [2.05, 4.69) is 17.0 Å². The minimum atomic E-state index is -1.02. The first-order valence-corrected chi connectivity index (χ1v) is 11.4. The number of amides is 2. The van der Waals surface area contributed by atoms with Gasteiger partial charge in [-0.2, -0.15) is 0 Å². The van der Waals surface area contributed by atoms with Gasteiger partial charge in [-0.1, -0.05) is 60.2 Å². The number of ether oxygens (including phenoxy) is 1. The van der Waals surface area contributed by atoms with Crippen LogP contribution < -0.4 is 0 Å². The Labute approximate surface area is 190 Å². The smallest absolute Gasteiger partial charge is 0.257 e. The first-order valence-electron chi connectivity index (χ1n) is 11.4. The van der Waals surface area contributed by atoms with Crippen molar-refractivity contribution >= 4 is 11.8 Å². The van der Waals surface area contributed by atoms with E-state index in [1.54, 1.807) is 0 Å². The lowest BCUT2D eigenvalue weighted by Gasteiger charge is -2.42. The van der Waals surface area contributed by atoms with Crippen LogP contribution >= 0.6 is 0 Å². The highest BCUT2D eigenvalue weighted by Crippen LogP contribution is 2.42. The molecule has 2 aromatic carbocycles. The van der Waals surface area contributed by atoms with Gasteiger partial charge in [0.15, 0.2) is 5.60 Å². The number of morpholine rings is 1. The predicted octanol–water partition coefficient (Wildman–Crippen LogP) is 2.32. The zero-order valence-electron chi connectivity index (χ0n) is 19.3. The van der Waals surface area contributed by atoms with Crippen LogP contribution in [-0.2, 0) is 20.7 Å². The summed E-state index contributed by atoms with van der Waals surface area (Å²) in [5, 5.41) is 0. The maximum absolute atomic E-state index is 13.7. The molecule has 0 saturated carbocycles. The predicted molar refractivity (Wildman–Crippen MR) is 124 cm³/mol. The average Bonchev–Trinajstić information content (AvgIpc) is 3.05. The van der Waals surface area contributed by atoms with Crippen LogP contribution in [0.2, 0.25) is 0 Å². The Bertz CT molecular complexity index is 945. The summed E-state index contributed by atoms with van der Waals surface area (Å²) in [4.78, 5) is 32.7. The molecule has 2 atom stereocenters. The number of hydrogen-bond acceptors (Lipinski definition) is 4. The number of likely N-dealkylation sites (tertiary alicyclic amines) is 1. The molecule has 32 heavy (non-hydrogen) atoms. The lowest BCUT2D eigenvalue weighted by molar-refractivity contribution is -0.167. The van der Waals surface area contributed by atoms with Crippen LogP contribution in [0.15, 0.2) is 54.6 Å². The van der Waals surface area contributed by atoms with E-state index in [0.717, 1.165) is 17.7 Å². The summed E-state index contributed by atoms with van der Waals surface area (Å²) in [6.07, 6.45) is 0.338. The number of rotatable bonds is 6. The van der Waals surface area contributed by atoms with Crippen molar-refractivity contribution in [1.29, 1.82) is 0 Å². The monoisotopic (exact) mass is 435 g/mol. The van der Waals surface area contributed by atoms with Crippen LogP contribution in [0.25, 0.3) is 0 Å². The number of nitrogens with zero attached hydrogens (tertiary/aromatic N) is 3. The van der Waals surface area contributed by atoms with E-state index in [-0.39, 0.29) is 17.7 Å². The third-order valence-corrected chi connectivity index (χ3v) is 6.61. The van der Waals surface area contributed by atoms with E-state index in [4.69, 9.17) is 4.74 Å². The largest absolute Gasteiger partial charge is 0.361 e. The Kier molecular flexibility index (Phi) is 6.63. The van der Waals surface area contributed by atoms with E-state index in [0.29, 0.717) is 39.2 Å². The van der Waals surface area contributed by atoms with Gasteiger partial charge in [0, 0.05) is 32.1 Å². The fourth-order valence-corrected chi connectivity index (χ4v) is 4.73. The zero-order valence-corrected chi connectivity index (χ0v) is 19.3. The summed E-state index contributed by atoms with van der Waals surface area (Å²) < 4.78 is 6.29. The van der Waals surface area contributed by atoms with Crippen molar-refractivity contribution in [2.45, 2.75) is 24.9 Å². The molecule has 0 unspecified atom stereocenters. The highest BCUT2D eigenvalue weighted by molar-refractivity contribution is 5.91. The highest BCUT2D eigenvalue weighted by Gasteiger charge is 2.58. The molecule has 2 fully saturated rings. The third kappa shape index (κ3) is 4.57. The lowest BCUT2D eigenvalue weighted by Crippen LogP contribution is -2.59. The van der Waals surface area contributed by atoms with Crippen LogP contribution in [0.4, 0.5) is 0 Å². The Balaban J connectivity index is 1.58. The average molecular weight is 436 g/mol. The topological polar surface area (TPSA) is 53.1 Å². The van der Waals surface area contributed by atoms with Gasteiger partial charge in [0.05, 0.1) is 19.6 Å². The molecule has 1 spiro atoms. The van der Waals surface area contributed by atoms with Crippen LogP contribution in [0.5, 0.6) is 0 Å². The summed E-state index contributed by atoms with van der Waals surface area (Å²) >= 11 is 0. The number of aryl methyl sites for hydroxylation is 1. The minimum absolute atomic E-state index is 0.000962. The van der Waals surface area contributed by atoms with E-state index in [1.165, 1.54) is 5.56 Å². The molecule has 2 saturated heterocycles. The molecular weight excluding hydrogens is 402 g/mol. The third-order valence-electron chi connectivity index (χ3n) is 6.61. The molecule has 2 aromatic rings. The summed E-state index contributed by atoms with van der Waals surface area (Å²) in [6.45, 7) is 5.27. The van der Waals surface area contributed by atoms with Crippen molar-refractivity contribution in [3.8, 4) is 0 Å². The molecule has 2 aliphatic heterocycles. The number of carbonyl (C=O) groups is 2. The van der Waals surface area contributed by atoms with Crippen molar-refractivity contribution in [1.82, 2.24) is 14.7 Å². The van der Waals surface area contributed by atoms with E-state index in [9.17, 15) is 9.59 Å².